The molecule has 1 aliphatic rings. The minimum absolute atomic E-state index is 0.0165. The van der Waals surface area contributed by atoms with Crippen LogP contribution in [-0.4, -0.2) is 46.2 Å². The molecule has 0 aliphatic carbocycles. The number of piperidine rings is 1. The van der Waals surface area contributed by atoms with Gasteiger partial charge in [0.2, 0.25) is 5.91 Å². The van der Waals surface area contributed by atoms with E-state index >= 15 is 0 Å². The van der Waals surface area contributed by atoms with E-state index in [1.165, 1.54) is 12.5 Å². The largest absolute Gasteiger partial charge is 0.476 e. The summed E-state index contributed by atoms with van der Waals surface area (Å²) >= 11 is 0. The monoisotopic (exact) mass is 266 g/mol. The molecule has 19 heavy (non-hydrogen) atoms. The highest BCUT2D eigenvalue weighted by molar-refractivity contribution is 5.84. The van der Waals surface area contributed by atoms with Crippen molar-refractivity contribution < 1.29 is 14.7 Å². The fourth-order valence-corrected chi connectivity index (χ4v) is 2.12. The van der Waals surface area contributed by atoms with E-state index in [1.807, 2.05) is 0 Å². The zero-order valence-electron chi connectivity index (χ0n) is 10.6. The van der Waals surface area contributed by atoms with Gasteiger partial charge < -0.3 is 20.3 Å². The van der Waals surface area contributed by atoms with Gasteiger partial charge in [-0.3, -0.25) is 4.79 Å². The third kappa shape index (κ3) is 3.78. The fourth-order valence-electron chi connectivity index (χ4n) is 2.12. The second kappa shape index (κ2) is 6.33. The number of hydrogen-bond donors (Lipinski definition) is 3. The number of amides is 1. The molecule has 2 rings (SSSR count). The van der Waals surface area contributed by atoms with Gasteiger partial charge in [0, 0.05) is 25.8 Å². The lowest BCUT2D eigenvalue weighted by molar-refractivity contribution is -0.125. The molecule has 1 aromatic rings. The predicted molar refractivity (Wildman–Crippen MR) is 67.8 cm³/mol. The lowest BCUT2D eigenvalue weighted by Gasteiger charge is -2.21. The number of hydrogen-bond acceptors (Lipinski definition) is 4. The van der Waals surface area contributed by atoms with E-state index < -0.39 is 5.97 Å². The maximum absolute atomic E-state index is 11.8. The number of nitrogens with zero attached hydrogens (tertiary/aromatic N) is 2. The van der Waals surface area contributed by atoms with Crippen molar-refractivity contribution in [3.63, 3.8) is 0 Å². The van der Waals surface area contributed by atoms with Crippen molar-refractivity contribution in [2.45, 2.75) is 19.4 Å². The van der Waals surface area contributed by atoms with Gasteiger partial charge in [0.15, 0.2) is 5.69 Å². The lowest BCUT2D eigenvalue weighted by Crippen LogP contribution is -2.41. The van der Waals surface area contributed by atoms with Crippen LogP contribution in [0.4, 0.5) is 0 Å². The molecule has 1 aromatic heterocycles. The van der Waals surface area contributed by atoms with E-state index in [4.69, 9.17) is 5.11 Å². The van der Waals surface area contributed by atoms with Crippen LogP contribution in [0.1, 0.15) is 23.3 Å². The van der Waals surface area contributed by atoms with Gasteiger partial charge in [0.05, 0.1) is 12.2 Å². The zero-order valence-corrected chi connectivity index (χ0v) is 10.6. The SMILES string of the molecule is O=C(O)c1cn(CCNC(=O)C2CCCNC2)cn1. The maximum atomic E-state index is 11.8. The fraction of sp³-hybridized carbons (Fsp3) is 0.583. The third-order valence-corrected chi connectivity index (χ3v) is 3.19. The van der Waals surface area contributed by atoms with Crippen LogP contribution in [0.5, 0.6) is 0 Å². The number of aromatic carboxylic acids is 1. The highest BCUT2D eigenvalue weighted by Gasteiger charge is 2.20. The van der Waals surface area contributed by atoms with Crippen molar-refractivity contribution in [2.24, 2.45) is 5.92 Å². The van der Waals surface area contributed by atoms with Gasteiger partial charge >= 0.3 is 5.97 Å². The first-order valence-electron chi connectivity index (χ1n) is 6.40. The van der Waals surface area contributed by atoms with Crippen LogP contribution in [0.2, 0.25) is 0 Å². The van der Waals surface area contributed by atoms with Crippen molar-refractivity contribution in [3.05, 3.63) is 18.2 Å². The molecule has 0 aromatic carbocycles. The lowest BCUT2D eigenvalue weighted by atomic mass is 9.99. The Balaban J connectivity index is 1.73. The molecule has 1 fully saturated rings. The molecule has 2 heterocycles. The zero-order chi connectivity index (χ0) is 13.7. The summed E-state index contributed by atoms with van der Waals surface area (Å²) in [5, 5.41) is 14.8. The number of rotatable bonds is 5. The smallest absolute Gasteiger partial charge is 0.356 e. The van der Waals surface area contributed by atoms with Crippen molar-refractivity contribution in [1.29, 1.82) is 0 Å². The number of nitrogens with one attached hydrogen (secondary N) is 2. The molecule has 1 saturated heterocycles. The number of aromatic nitrogens is 2. The number of carbonyl (C=O) groups is 2. The molecule has 0 radical (unpaired) electrons. The summed E-state index contributed by atoms with van der Waals surface area (Å²) in [4.78, 5) is 26.2. The summed E-state index contributed by atoms with van der Waals surface area (Å²) in [6.07, 6.45) is 4.86. The minimum Gasteiger partial charge on any atom is -0.476 e. The second-order valence-corrected chi connectivity index (χ2v) is 4.64. The molecular formula is C12H18N4O3. The predicted octanol–water partition coefficient (Wildman–Crippen LogP) is -0.303. The van der Waals surface area contributed by atoms with Crippen LogP contribution in [-0.2, 0) is 11.3 Å². The van der Waals surface area contributed by atoms with Gasteiger partial charge in [-0.05, 0) is 19.4 Å². The Morgan fingerprint density at radius 1 is 1.58 bits per heavy atom. The standard InChI is InChI=1S/C12H18N4O3/c17-11(9-2-1-3-13-6-9)14-4-5-16-7-10(12(18)19)15-8-16/h7-9,13H,1-6H2,(H,14,17)(H,18,19). The van der Waals surface area contributed by atoms with Gasteiger partial charge in [0.1, 0.15) is 0 Å². The molecule has 0 bridgehead atoms. The van der Waals surface area contributed by atoms with Crippen LogP contribution >= 0.6 is 0 Å². The highest BCUT2D eigenvalue weighted by atomic mass is 16.4. The number of carboxylic acid groups (broad SMARTS) is 1. The normalized spacial score (nSPS) is 19.1. The number of imidazole rings is 1. The topological polar surface area (TPSA) is 96.2 Å². The van der Waals surface area contributed by atoms with E-state index in [0.29, 0.717) is 13.1 Å². The average molecular weight is 266 g/mol. The molecule has 1 unspecified atom stereocenters. The Morgan fingerprint density at radius 2 is 2.42 bits per heavy atom. The van der Waals surface area contributed by atoms with Crippen LogP contribution < -0.4 is 10.6 Å². The van der Waals surface area contributed by atoms with Crippen LogP contribution in [0, 0.1) is 5.92 Å². The van der Waals surface area contributed by atoms with E-state index in [9.17, 15) is 9.59 Å². The van der Waals surface area contributed by atoms with E-state index in [-0.39, 0.29) is 17.5 Å². The molecule has 1 amide bonds. The van der Waals surface area contributed by atoms with Crippen LogP contribution in [0.3, 0.4) is 0 Å². The molecule has 7 nitrogen and oxygen atoms in total. The van der Waals surface area contributed by atoms with Gasteiger partial charge in [-0.25, -0.2) is 9.78 Å². The van der Waals surface area contributed by atoms with Gasteiger partial charge in [-0.2, -0.15) is 0 Å². The molecule has 104 valence electrons. The van der Waals surface area contributed by atoms with Gasteiger partial charge in [0.25, 0.3) is 0 Å². The van der Waals surface area contributed by atoms with Gasteiger partial charge in [-0.15, -0.1) is 0 Å². The van der Waals surface area contributed by atoms with E-state index in [1.54, 1.807) is 4.57 Å². The first kappa shape index (κ1) is 13.5. The Morgan fingerprint density at radius 3 is 3.05 bits per heavy atom. The first-order chi connectivity index (χ1) is 9.16. The summed E-state index contributed by atoms with van der Waals surface area (Å²) in [6.45, 7) is 2.72. The molecule has 0 saturated carbocycles. The maximum Gasteiger partial charge on any atom is 0.356 e. The molecule has 0 spiro atoms. The highest BCUT2D eigenvalue weighted by Crippen LogP contribution is 2.09. The third-order valence-electron chi connectivity index (χ3n) is 3.19. The number of carbonyl (C=O) groups excluding carboxylic acids is 1. The Bertz CT molecular complexity index is 452. The average Bonchev–Trinajstić information content (AvgIpc) is 2.89. The van der Waals surface area contributed by atoms with Crippen molar-refractivity contribution in [1.82, 2.24) is 20.2 Å². The van der Waals surface area contributed by atoms with E-state index in [2.05, 4.69) is 15.6 Å². The molecule has 7 heteroatoms. The summed E-state index contributed by atoms with van der Waals surface area (Å²) in [7, 11) is 0. The Kier molecular flexibility index (Phi) is 4.51. The van der Waals surface area contributed by atoms with Crippen LogP contribution in [0.15, 0.2) is 12.5 Å². The molecular weight excluding hydrogens is 248 g/mol. The van der Waals surface area contributed by atoms with E-state index in [0.717, 1.165) is 25.9 Å². The summed E-state index contributed by atoms with van der Waals surface area (Å²) in [5.41, 5.74) is 0.0165. The summed E-state index contributed by atoms with van der Waals surface area (Å²) in [5.74, 6) is -0.937. The Labute approximate surface area is 111 Å². The summed E-state index contributed by atoms with van der Waals surface area (Å²) < 4.78 is 1.66. The van der Waals surface area contributed by atoms with Crippen molar-refractivity contribution in [2.75, 3.05) is 19.6 Å². The minimum atomic E-state index is -1.05. The van der Waals surface area contributed by atoms with Crippen molar-refractivity contribution >= 4 is 11.9 Å². The molecule has 1 atom stereocenters. The molecule has 3 N–H and O–H groups in total. The Hall–Kier alpha value is -1.89. The number of carboxylic acids is 1. The second-order valence-electron chi connectivity index (χ2n) is 4.64. The first-order valence-corrected chi connectivity index (χ1v) is 6.40. The van der Waals surface area contributed by atoms with Crippen molar-refractivity contribution in [3.8, 4) is 0 Å². The summed E-state index contributed by atoms with van der Waals surface area (Å²) in [6, 6.07) is 0. The molecule has 1 aliphatic heterocycles. The van der Waals surface area contributed by atoms with Gasteiger partial charge in [-0.1, -0.05) is 0 Å². The quantitative estimate of drug-likeness (QED) is 0.680. The van der Waals surface area contributed by atoms with Crippen LogP contribution in [0.25, 0.3) is 0 Å².